The molecule has 0 aliphatic rings. The van der Waals surface area contributed by atoms with Gasteiger partial charge in [0.15, 0.2) is 0 Å². The van der Waals surface area contributed by atoms with Gasteiger partial charge >= 0.3 is 22.1 Å². The number of H-pyrrole nitrogens is 1. The molecule has 0 unspecified atom stereocenters. The van der Waals surface area contributed by atoms with E-state index < -0.39 is 67.4 Å². The summed E-state index contributed by atoms with van der Waals surface area (Å²) in [4.78, 5) is 37.9. The maximum atomic E-state index is 14.4. The van der Waals surface area contributed by atoms with Crippen LogP contribution in [0.2, 0.25) is 5.02 Å². The highest BCUT2D eigenvalue weighted by molar-refractivity contribution is 14.0. The van der Waals surface area contributed by atoms with Crippen LogP contribution >= 0.6 is 35.6 Å². The third-order valence-corrected chi connectivity index (χ3v) is 6.02. The summed E-state index contributed by atoms with van der Waals surface area (Å²) >= 11 is 5.79. The molecule has 2 rings (SSSR count). The fourth-order valence-electron chi connectivity index (χ4n) is 2.28. The number of alkyl halides is 3. The van der Waals surface area contributed by atoms with Crippen molar-refractivity contribution in [3.8, 4) is 5.69 Å². The van der Waals surface area contributed by atoms with E-state index >= 15 is 0 Å². The van der Waals surface area contributed by atoms with Crippen molar-refractivity contribution >= 4 is 51.7 Å². The largest absolute Gasteiger partial charge is 0.431 e. The van der Waals surface area contributed by atoms with E-state index in [-0.39, 0.29) is 42.0 Å². The molecule has 1 aromatic heterocycles. The summed E-state index contributed by atoms with van der Waals surface area (Å²) in [6.07, 6.45) is -5.04. The van der Waals surface area contributed by atoms with E-state index in [4.69, 9.17) is 11.6 Å². The first-order valence-corrected chi connectivity index (χ1v) is 10.1. The Morgan fingerprint density at radius 1 is 1.21 bits per heavy atom. The third-order valence-electron chi connectivity index (χ3n) is 4.09. The molecule has 0 atom stereocenters. The zero-order valence-corrected chi connectivity index (χ0v) is 20.4. The zero-order valence-electron chi connectivity index (χ0n) is 16.5. The van der Waals surface area contributed by atoms with Gasteiger partial charge in [0.05, 0.1) is 16.3 Å². The number of carbonyl (C=O) groups excluding carboxylic acids is 1. The molecule has 9 nitrogen and oxygen atoms in total. The molecule has 0 saturated carbocycles. The fourth-order valence-corrected chi connectivity index (χ4v) is 3.56. The Morgan fingerprint density at radius 3 is 2.21 bits per heavy atom. The molecule has 0 saturated heterocycles. The van der Waals surface area contributed by atoms with Gasteiger partial charge in [-0.2, -0.15) is 25.9 Å². The molecule has 0 bridgehead atoms. The van der Waals surface area contributed by atoms with Crippen LogP contribution in [-0.4, -0.2) is 41.3 Å². The van der Waals surface area contributed by atoms with Crippen LogP contribution < -0.4 is 16.0 Å². The Balaban J connectivity index is 0.00000512. The van der Waals surface area contributed by atoms with Gasteiger partial charge in [0.25, 0.3) is 11.5 Å². The Bertz CT molecular complexity index is 1230. The number of aromatic nitrogens is 2. The highest BCUT2D eigenvalue weighted by Crippen LogP contribution is 2.26. The second-order valence-corrected chi connectivity index (χ2v) is 8.63. The number of aromatic amines is 1. The van der Waals surface area contributed by atoms with E-state index in [1.807, 2.05) is 0 Å². The van der Waals surface area contributed by atoms with Gasteiger partial charge in [-0.25, -0.2) is 18.5 Å². The van der Waals surface area contributed by atoms with Crippen LogP contribution in [0.5, 0.6) is 0 Å². The molecule has 0 aliphatic carbocycles. The SMILES string of the molecule is C.CC(C)N(C)S(=O)(=O)NC(=O)c1cc(-n2c(=O)cc(C(F)(F)F)[nH]c2=O)c(F)cc1Cl.I. The fraction of sp³-hybridized carbons (Fsp3) is 0.353. The van der Waals surface area contributed by atoms with Crippen molar-refractivity contribution in [2.24, 2.45) is 0 Å². The topological polar surface area (TPSA) is 121 Å². The maximum Gasteiger partial charge on any atom is 0.431 e. The van der Waals surface area contributed by atoms with Gasteiger partial charge in [-0.05, 0) is 26.0 Å². The third kappa shape index (κ3) is 6.77. The van der Waals surface area contributed by atoms with Crippen LogP contribution in [-0.2, 0) is 16.4 Å². The van der Waals surface area contributed by atoms with Crippen molar-refractivity contribution in [3.05, 3.63) is 61.1 Å². The van der Waals surface area contributed by atoms with Crippen molar-refractivity contribution < 1.29 is 30.8 Å². The predicted molar refractivity (Wildman–Crippen MR) is 124 cm³/mol. The van der Waals surface area contributed by atoms with E-state index in [2.05, 4.69) is 0 Å². The number of nitrogens with zero attached hydrogens (tertiary/aromatic N) is 2. The highest BCUT2D eigenvalue weighted by Gasteiger charge is 2.33. The number of amides is 1. The normalized spacial score (nSPS) is 11.7. The molecule has 0 radical (unpaired) electrons. The smallest absolute Gasteiger partial charge is 0.303 e. The minimum atomic E-state index is -5.04. The zero-order chi connectivity index (χ0) is 23.9. The van der Waals surface area contributed by atoms with Crippen LogP contribution in [0.25, 0.3) is 5.69 Å². The first-order chi connectivity index (χ1) is 14.1. The highest BCUT2D eigenvalue weighted by atomic mass is 127. The van der Waals surface area contributed by atoms with Gasteiger partial charge in [0.1, 0.15) is 11.5 Å². The summed E-state index contributed by atoms with van der Waals surface area (Å²) in [6, 6.07) is 0.571. The molecule has 186 valence electrons. The molecule has 1 amide bonds. The molecule has 1 aromatic carbocycles. The van der Waals surface area contributed by atoms with Crippen molar-refractivity contribution in [3.63, 3.8) is 0 Å². The predicted octanol–water partition coefficient (Wildman–Crippen LogP) is 2.91. The number of rotatable bonds is 5. The Morgan fingerprint density at radius 2 is 1.76 bits per heavy atom. The lowest BCUT2D eigenvalue weighted by molar-refractivity contribution is -0.141. The van der Waals surface area contributed by atoms with Crippen LogP contribution in [0, 0.1) is 5.82 Å². The summed E-state index contributed by atoms with van der Waals surface area (Å²) in [7, 11) is -3.15. The summed E-state index contributed by atoms with van der Waals surface area (Å²) < 4.78 is 79.5. The van der Waals surface area contributed by atoms with E-state index in [0.717, 1.165) is 4.31 Å². The molecule has 2 N–H and O–H groups in total. The molecule has 1 heterocycles. The van der Waals surface area contributed by atoms with Crippen LogP contribution in [0.1, 0.15) is 37.3 Å². The van der Waals surface area contributed by atoms with Crippen LogP contribution in [0.3, 0.4) is 0 Å². The Hall–Kier alpha value is -1.98. The molecule has 33 heavy (non-hydrogen) atoms. The van der Waals surface area contributed by atoms with E-state index in [9.17, 15) is 40.4 Å². The molecule has 0 aliphatic heterocycles. The lowest BCUT2D eigenvalue weighted by Crippen LogP contribution is -2.44. The maximum absolute atomic E-state index is 14.4. The number of hydrogen-bond acceptors (Lipinski definition) is 5. The van der Waals surface area contributed by atoms with Gasteiger partial charge in [0, 0.05) is 19.2 Å². The summed E-state index contributed by atoms with van der Waals surface area (Å²) in [6.45, 7) is 3.05. The standard InChI is InChI=1S/C16H15ClF4N4O5S.CH4.HI/c1-7(2)24(3)31(29,30)23-14(27)8-4-11(10(18)5-9(8)17)25-13(26)6-12(16(19,20)21)22-15(25)28;;/h4-7H,1-3H3,(H,22,28)(H,23,27);1H4;1H. The quantitative estimate of drug-likeness (QED) is 0.389. The lowest BCUT2D eigenvalue weighted by atomic mass is 10.1. The van der Waals surface area contributed by atoms with Crippen molar-refractivity contribution in [1.82, 2.24) is 18.6 Å². The number of halogens is 6. The summed E-state index contributed by atoms with van der Waals surface area (Å²) in [5, 5.41) is -0.572. The van der Waals surface area contributed by atoms with Gasteiger partial charge in [-0.15, -0.1) is 24.0 Å². The number of benzene rings is 1. The average molecular weight is 631 g/mol. The van der Waals surface area contributed by atoms with E-state index in [0.29, 0.717) is 12.1 Å². The van der Waals surface area contributed by atoms with Crippen molar-refractivity contribution in [2.75, 3.05) is 7.05 Å². The molecule has 0 fully saturated rings. The van der Waals surface area contributed by atoms with Crippen LogP contribution in [0.4, 0.5) is 17.6 Å². The number of nitrogens with one attached hydrogen (secondary N) is 2. The summed E-state index contributed by atoms with van der Waals surface area (Å²) in [5.74, 6) is -2.65. The second kappa shape index (κ2) is 11.0. The summed E-state index contributed by atoms with van der Waals surface area (Å²) in [5.41, 5.74) is -6.40. The lowest BCUT2D eigenvalue weighted by Gasteiger charge is -2.21. The average Bonchev–Trinajstić information content (AvgIpc) is 2.60. The molecular weight excluding hydrogens is 611 g/mol. The molecule has 16 heteroatoms. The Kier molecular flexibility index (Phi) is 10.3. The minimum absolute atomic E-state index is 0. The van der Waals surface area contributed by atoms with Gasteiger partial charge in [0.2, 0.25) is 0 Å². The van der Waals surface area contributed by atoms with Crippen molar-refractivity contribution in [1.29, 1.82) is 0 Å². The number of carbonyl (C=O) groups is 1. The second-order valence-electron chi connectivity index (χ2n) is 6.49. The van der Waals surface area contributed by atoms with Gasteiger partial charge in [-0.3, -0.25) is 9.59 Å². The van der Waals surface area contributed by atoms with E-state index in [1.165, 1.54) is 25.9 Å². The first-order valence-electron chi connectivity index (χ1n) is 8.29. The van der Waals surface area contributed by atoms with E-state index in [1.54, 1.807) is 4.72 Å². The van der Waals surface area contributed by atoms with Crippen molar-refractivity contribution in [2.45, 2.75) is 33.5 Å². The minimum Gasteiger partial charge on any atom is -0.303 e. The molecular formula is C17H20ClF4IN4O5S. The Labute approximate surface area is 207 Å². The monoisotopic (exact) mass is 630 g/mol. The molecule has 2 aromatic rings. The van der Waals surface area contributed by atoms with Crippen LogP contribution in [0.15, 0.2) is 27.8 Å². The number of hydrogen-bond donors (Lipinski definition) is 2. The van der Waals surface area contributed by atoms with Gasteiger partial charge < -0.3 is 4.98 Å². The first kappa shape index (κ1) is 31.0. The molecule has 0 spiro atoms. The van der Waals surface area contributed by atoms with Gasteiger partial charge in [-0.1, -0.05) is 19.0 Å².